The number of hydrogen-bond acceptors (Lipinski definition) is 4. The Morgan fingerprint density at radius 1 is 1.19 bits per heavy atom. The molecule has 0 aliphatic heterocycles. The molecule has 1 unspecified atom stereocenters. The molecule has 1 aliphatic carbocycles. The highest BCUT2D eigenvalue weighted by atomic mass is 35.5. The van der Waals surface area contributed by atoms with Crippen LogP contribution >= 0.6 is 11.6 Å². The molecule has 1 aliphatic rings. The second-order valence-electron chi connectivity index (χ2n) is 8.41. The molecule has 7 heteroatoms. The van der Waals surface area contributed by atoms with E-state index in [9.17, 15) is 9.59 Å². The second kappa shape index (κ2) is 8.87. The van der Waals surface area contributed by atoms with Gasteiger partial charge in [-0.3, -0.25) is 4.79 Å². The van der Waals surface area contributed by atoms with Gasteiger partial charge in [0, 0.05) is 37.1 Å². The minimum Gasteiger partial charge on any atom is -0.462 e. The molecule has 1 saturated carbocycles. The van der Waals surface area contributed by atoms with Crippen LogP contribution in [0.25, 0.3) is 0 Å². The summed E-state index contributed by atoms with van der Waals surface area (Å²) < 4.78 is 9.04. The lowest BCUT2D eigenvalue weighted by Crippen LogP contribution is -2.23. The average molecular weight is 454 g/mol. The third kappa shape index (κ3) is 4.32. The quantitative estimate of drug-likeness (QED) is 0.514. The van der Waals surface area contributed by atoms with Crippen LogP contribution in [0, 0.1) is 6.92 Å². The first-order valence-electron chi connectivity index (χ1n) is 10.9. The van der Waals surface area contributed by atoms with Gasteiger partial charge in [0.1, 0.15) is 0 Å². The molecular weight excluding hydrogens is 426 g/mol. The Kier molecular flexibility index (Phi) is 6.15. The number of ether oxygens (including phenoxy) is 1. The van der Waals surface area contributed by atoms with E-state index in [4.69, 9.17) is 16.3 Å². The van der Waals surface area contributed by atoms with E-state index in [-0.39, 0.29) is 17.6 Å². The average Bonchev–Trinajstić information content (AvgIpc) is 3.54. The molecule has 168 valence electrons. The summed E-state index contributed by atoms with van der Waals surface area (Å²) in [7, 11) is 3.69. The molecule has 0 saturated heterocycles. The maximum atomic E-state index is 13.1. The van der Waals surface area contributed by atoms with E-state index in [1.54, 1.807) is 24.7 Å². The van der Waals surface area contributed by atoms with Crippen molar-refractivity contribution in [2.24, 2.45) is 14.1 Å². The molecule has 0 bridgehead atoms. The number of aryl methyl sites for hydroxylation is 3. The zero-order valence-electron chi connectivity index (χ0n) is 18.8. The van der Waals surface area contributed by atoms with Crippen molar-refractivity contribution in [2.75, 3.05) is 11.9 Å². The summed E-state index contributed by atoms with van der Waals surface area (Å²) in [4.78, 5) is 25.3. The molecule has 0 spiro atoms. The Balaban J connectivity index is 1.88. The van der Waals surface area contributed by atoms with Crippen molar-refractivity contribution in [3.63, 3.8) is 0 Å². The van der Waals surface area contributed by atoms with Crippen LogP contribution in [-0.2, 0) is 18.8 Å². The lowest BCUT2D eigenvalue weighted by Gasteiger charge is -2.24. The molecule has 1 aromatic carbocycles. The van der Waals surface area contributed by atoms with Crippen LogP contribution in [0.4, 0.5) is 5.69 Å². The van der Waals surface area contributed by atoms with E-state index in [1.165, 1.54) is 0 Å². The summed E-state index contributed by atoms with van der Waals surface area (Å²) in [6, 6.07) is 9.07. The van der Waals surface area contributed by atoms with E-state index in [1.807, 2.05) is 48.9 Å². The highest BCUT2D eigenvalue weighted by Crippen LogP contribution is 2.45. The van der Waals surface area contributed by atoms with Gasteiger partial charge in [0.25, 0.3) is 5.56 Å². The van der Waals surface area contributed by atoms with Gasteiger partial charge in [0.15, 0.2) is 0 Å². The number of halogens is 1. The molecule has 3 aromatic rings. The van der Waals surface area contributed by atoms with Crippen molar-refractivity contribution in [1.29, 1.82) is 0 Å². The van der Waals surface area contributed by atoms with E-state index in [0.29, 0.717) is 28.7 Å². The maximum Gasteiger partial charge on any atom is 0.340 e. The zero-order valence-corrected chi connectivity index (χ0v) is 19.6. The molecule has 1 fully saturated rings. The normalized spacial score (nSPS) is 14.3. The molecule has 1 N–H and O–H groups in total. The minimum atomic E-state index is -0.346. The number of aromatic nitrogens is 2. The molecule has 1 atom stereocenters. The van der Waals surface area contributed by atoms with E-state index in [0.717, 1.165) is 35.3 Å². The molecule has 4 rings (SSSR count). The summed E-state index contributed by atoms with van der Waals surface area (Å²) in [5, 5.41) is 4.20. The van der Waals surface area contributed by atoms with Crippen molar-refractivity contribution >= 4 is 23.3 Å². The third-order valence-corrected chi connectivity index (χ3v) is 6.16. The molecule has 6 nitrogen and oxygen atoms in total. The SMILES string of the molecule is CCOC(=O)c1c(C2CC2)cn(C)c1C(Nc1cc(C)c(=O)n(C)c1)c1ccc(Cl)cc1. The second-order valence-corrected chi connectivity index (χ2v) is 8.84. The molecule has 2 heterocycles. The van der Waals surface area contributed by atoms with Crippen LogP contribution in [-0.4, -0.2) is 21.7 Å². The fourth-order valence-electron chi connectivity index (χ4n) is 4.23. The largest absolute Gasteiger partial charge is 0.462 e. The molecule has 0 radical (unpaired) electrons. The maximum absolute atomic E-state index is 13.1. The first kappa shape index (κ1) is 22.2. The number of nitrogens with one attached hydrogen (secondary N) is 1. The summed E-state index contributed by atoms with van der Waals surface area (Å²) >= 11 is 6.15. The van der Waals surface area contributed by atoms with Crippen molar-refractivity contribution in [3.05, 3.63) is 86.0 Å². The predicted octanol–water partition coefficient (Wildman–Crippen LogP) is 4.94. The van der Waals surface area contributed by atoms with Crippen LogP contribution in [0.5, 0.6) is 0 Å². The Morgan fingerprint density at radius 2 is 1.88 bits per heavy atom. The fourth-order valence-corrected chi connectivity index (χ4v) is 4.36. The van der Waals surface area contributed by atoms with Crippen LogP contribution < -0.4 is 10.9 Å². The number of rotatable bonds is 7. The molecule has 2 aromatic heterocycles. The van der Waals surface area contributed by atoms with Gasteiger partial charge in [0.05, 0.1) is 29.6 Å². The van der Waals surface area contributed by atoms with Crippen LogP contribution in [0.2, 0.25) is 5.02 Å². The Hall–Kier alpha value is -2.99. The number of anilines is 1. The van der Waals surface area contributed by atoms with Gasteiger partial charge in [-0.25, -0.2) is 4.79 Å². The summed E-state index contributed by atoms with van der Waals surface area (Å²) in [5.74, 6) is 0.0856. The number of hydrogen-bond donors (Lipinski definition) is 1. The summed E-state index contributed by atoms with van der Waals surface area (Å²) in [5.41, 5.74) is 4.84. The van der Waals surface area contributed by atoms with Crippen molar-refractivity contribution in [2.45, 2.75) is 38.6 Å². The van der Waals surface area contributed by atoms with Crippen LogP contribution in [0.3, 0.4) is 0 Å². The standard InChI is InChI=1S/C25H28ClN3O3/c1-5-32-25(31)21-20(16-6-7-16)14-28(3)23(21)22(17-8-10-18(26)11-9-17)27-19-12-15(2)24(30)29(4)13-19/h8-14,16,22,27H,5-7H2,1-4H3. The van der Waals surface area contributed by atoms with Gasteiger partial charge in [0.2, 0.25) is 0 Å². The number of carbonyl (C=O) groups is 1. The number of carbonyl (C=O) groups excluding carboxylic acids is 1. The number of esters is 1. The van der Waals surface area contributed by atoms with Crippen LogP contribution in [0.15, 0.2) is 47.5 Å². The fraction of sp³-hybridized carbons (Fsp3) is 0.360. The van der Waals surface area contributed by atoms with E-state index < -0.39 is 0 Å². The Labute approximate surface area is 192 Å². The topological polar surface area (TPSA) is 65.3 Å². The van der Waals surface area contributed by atoms with Gasteiger partial charge in [-0.2, -0.15) is 0 Å². The predicted molar refractivity (Wildman–Crippen MR) is 127 cm³/mol. The first-order valence-corrected chi connectivity index (χ1v) is 11.2. The van der Waals surface area contributed by atoms with Crippen molar-refractivity contribution in [1.82, 2.24) is 9.13 Å². The first-order chi connectivity index (χ1) is 15.3. The number of benzene rings is 1. The monoisotopic (exact) mass is 453 g/mol. The van der Waals surface area contributed by atoms with Gasteiger partial charge in [-0.1, -0.05) is 23.7 Å². The highest BCUT2D eigenvalue weighted by Gasteiger charge is 2.35. The smallest absolute Gasteiger partial charge is 0.340 e. The van der Waals surface area contributed by atoms with Crippen molar-refractivity contribution < 1.29 is 9.53 Å². The van der Waals surface area contributed by atoms with Gasteiger partial charge in [-0.15, -0.1) is 0 Å². The number of nitrogens with zero attached hydrogens (tertiary/aromatic N) is 2. The minimum absolute atomic E-state index is 0.0410. The summed E-state index contributed by atoms with van der Waals surface area (Å²) in [6.07, 6.45) is 5.98. The van der Waals surface area contributed by atoms with Gasteiger partial charge < -0.3 is 19.2 Å². The molecule has 32 heavy (non-hydrogen) atoms. The third-order valence-electron chi connectivity index (χ3n) is 5.90. The lowest BCUT2D eigenvalue weighted by atomic mass is 9.97. The lowest BCUT2D eigenvalue weighted by molar-refractivity contribution is 0.0523. The Morgan fingerprint density at radius 3 is 2.47 bits per heavy atom. The molecular formula is C25H28ClN3O3. The van der Waals surface area contributed by atoms with E-state index >= 15 is 0 Å². The number of pyridine rings is 1. The van der Waals surface area contributed by atoms with Gasteiger partial charge in [-0.05, 0) is 61.9 Å². The van der Waals surface area contributed by atoms with Gasteiger partial charge >= 0.3 is 5.97 Å². The zero-order chi connectivity index (χ0) is 23.0. The Bertz CT molecular complexity index is 1180. The summed E-state index contributed by atoms with van der Waals surface area (Å²) in [6.45, 7) is 3.93. The molecule has 0 amide bonds. The highest BCUT2D eigenvalue weighted by molar-refractivity contribution is 6.30. The van der Waals surface area contributed by atoms with E-state index in [2.05, 4.69) is 11.5 Å². The van der Waals surface area contributed by atoms with Crippen molar-refractivity contribution in [3.8, 4) is 0 Å². The van der Waals surface area contributed by atoms with Crippen LogP contribution in [0.1, 0.15) is 64.5 Å².